The molecule has 35 heavy (non-hydrogen) atoms. The van der Waals surface area contributed by atoms with E-state index in [1.54, 1.807) is 0 Å². The van der Waals surface area contributed by atoms with Crippen LogP contribution in [-0.4, -0.2) is 66.3 Å². The molecule has 1 heterocycles. The molecule has 0 saturated carbocycles. The first-order chi connectivity index (χ1) is 16.9. The lowest BCUT2D eigenvalue weighted by molar-refractivity contribution is -0.139. The van der Waals surface area contributed by atoms with Crippen molar-refractivity contribution in [1.29, 1.82) is 0 Å². The number of hydrogen-bond donors (Lipinski definition) is 3. The van der Waals surface area contributed by atoms with E-state index < -0.39 is 30.4 Å². The average molecular weight is 480 g/mol. The SMILES string of the molecule is CC(CNC(=O)C(CC(=O)O)NC(=O)OCC1c2ccccc2-c2ccccc21)N1CCCCC1. The van der Waals surface area contributed by atoms with Crippen molar-refractivity contribution < 1.29 is 24.2 Å². The fourth-order valence-corrected chi connectivity index (χ4v) is 5.03. The molecule has 1 aliphatic carbocycles. The number of nitrogens with one attached hydrogen (secondary N) is 2. The number of nitrogens with zero attached hydrogens (tertiary/aromatic N) is 1. The summed E-state index contributed by atoms with van der Waals surface area (Å²) in [5.74, 6) is -1.82. The standard InChI is InChI=1S/C27H33N3O5/c1-18(30-13-7-2-8-14-30)16-28-26(33)24(15-25(31)32)29-27(34)35-17-23-21-11-5-3-9-19(21)20-10-4-6-12-22(20)23/h3-6,9-12,18,23-24H,2,7-8,13-17H2,1H3,(H,28,33)(H,29,34)(H,31,32). The molecule has 2 unspecified atom stereocenters. The molecule has 0 spiro atoms. The molecule has 8 nitrogen and oxygen atoms in total. The summed E-state index contributed by atoms with van der Waals surface area (Å²) in [5, 5.41) is 14.5. The van der Waals surface area contributed by atoms with Crippen molar-refractivity contribution in [2.45, 2.75) is 50.6 Å². The Bertz CT molecular complexity index is 1020. The van der Waals surface area contributed by atoms with Crippen LogP contribution >= 0.6 is 0 Å². The summed E-state index contributed by atoms with van der Waals surface area (Å²) >= 11 is 0. The van der Waals surface area contributed by atoms with Crippen LogP contribution < -0.4 is 10.6 Å². The van der Waals surface area contributed by atoms with Crippen LogP contribution in [-0.2, 0) is 14.3 Å². The van der Waals surface area contributed by atoms with E-state index in [4.69, 9.17) is 4.74 Å². The van der Waals surface area contributed by atoms with E-state index in [1.165, 1.54) is 6.42 Å². The number of carboxylic acids is 1. The molecule has 8 heteroatoms. The highest BCUT2D eigenvalue weighted by molar-refractivity contribution is 5.89. The van der Waals surface area contributed by atoms with E-state index in [0.29, 0.717) is 6.54 Å². The monoisotopic (exact) mass is 479 g/mol. The Morgan fingerprint density at radius 2 is 1.60 bits per heavy atom. The van der Waals surface area contributed by atoms with Crippen LogP contribution in [0.5, 0.6) is 0 Å². The van der Waals surface area contributed by atoms with Crippen LogP contribution in [0.2, 0.25) is 0 Å². The molecule has 0 aromatic heterocycles. The summed E-state index contributed by atoms with van der Waals surface area (Å²) in [6.45, 7) is 4.51. The van der Waals surface area contributed by atoms with Crippen molar-refractivity contribution >= 4 is 18.0 Å². The van der Waals surface area contributed by atoms with Gasteiger partial charge in [-0.25, -0.2) is 4.79 Å². The smallest absolute Gasteiger partial charge is 0.407 e. The minimum Gasteiger partial charge on any atom is -0.481 e. The lowest BCUT2D eigenvalue weighted by Gasteiger charge is -2.32. The van der Waals surface area contributed by atoms with E-state index in [2.05, 4.69) is 15.5 Å². The number of benzene rings is 2. The first kappa shape index (κ1) is 24.7. The number of carbonyl (C=O) groups excluding carboxylic acids is 2. The molecule has 2 amide bonds. The molecular formula is C27H33N3O5. The lowest BCUT2D eigenvalue weighted by atomic mass is 9.98. The van der Waals surface area contributed by atoms with Gasteiger partial charge in [-0.2, -0.15) is 0 Å². The Labute approximate surface area is 205 Å². The highest BCUT2D eigenvalue weighted by atomic mass is 16.5. The van der Waals surface area contributed by atoms with Gasteiger partial charge in [0, 0.05) is 18.5 Å². The highest BCUT2D eigenvalue weighted by Crippen LogP contribution is 2.44. The van der Waals surface area contributed by atoms with Gasteiger partial charge in [-0.3, -0.25) is 14.5 Å². The largest absolute Gasteiger partial charge is 0.481 e. The Morgan fingerprint density at radius 3 is 2.20 bits per heavy atom. The van der Waals surface area contributed by atoms with Gasteiger partial charge < -0.3 is 20.5 Å². The number of likely N-dealkylation sites (tertiary alicyclic amines) is 1. The number of hydrogen-bond acceptors (Lipinski definition) is 5. The Balaban J connectivity index is 1.34. The van der Waals surface area contributed by atoms with Crippen molar-refractivity contribution in [3.8, 4) is 11.1 Å². The van der Waals surface area contributed by atoms with Crippen molar-refractivity contribution in [3.63, 3.8) is 0 Å². The zero-order valence-electron chi connectivity index (χ0n) is 20.0. The summed E-state index contributed by atoms with van der Waals surface area (Å²) in [5.41, 5.74) is 4.38. The third-order valence-electron chi connectivity index (χ3n) is 6.92. The second kappa shape index (κ2) is 11.4. The van der Waals surface area contributed by atoms with Crippen LogP contribution in [0.3, 0.4) is 0 Å². The van der Waals surface area contributed by atoms with Gasteiger partial charge in [-0.05, 0) is 55.1 Å². The number of amides is 2. The Morgan fingerprint density at radius 1 is 1.00 bits per heavy atom. The molecule has 1 aliphatic heterocycles. The first-order valence-corrected chi connectivity index (χ1v) is 12.3. The van der Waals surface area contributed by atoms with Crippen molar-refractivity contribution in [1.82, 2.24) is 15.5 Å². The maximum absolute atomic E-state index is 12.7. The number of alkyl carbamates (subject to hydrolysis) is 1. The predicted octanol–water partition coefficient (Wildman–Crippen LogP) is 3.36. The molecule has 2 aliphatic rings. The summed E-state index contributed by atoms with van der Waals surface area (Å²) < 4.78 is 5.49. The fraction of sp³-hybridized carbons (Fsp3) is 0.444. The molecule has 0 bridgehead atoms. The quantitative estimate of drug-likeness (QED) is 0.509. The van der Waals surface area contributed by atoms with Gasteiger partial charge in [-0.1, -0.05) is 55.0 Å². The minimum atomic E-state index is -1.21. The highest BCUT2D eigenvalue weighted by Gasteiger charge is 2.30. The maximum Gasteiger partial charge on any atom is 0.407 e. The van der Waals surface area contributed by atoms with Gasteiger partial charge in [0.05, 0.1) is 6.42 Å². The number of piperidine rings is 1. The van der Waals surface area contributed by atoms with Gasteiger partial charge in [0.1, 0.15) is 12.6 Å². The second-order valence-electron chi connectivity index (χ2n) is 9.31. The molecule has 186 valence electrons. The number of ether oxygens (including phenoxy) is 1. The number of fused-ring (bicyclic) bond motifs is 3. The summed E-state index contributed by atoms with van der Waals surface area (Å²) in [4.78, 5) is 39.0. The van der Waals surface area contributed by atoms with Gasteiger partial charge in [0.15, 0.2) is 0 Å². The first-order valence-electron chi connectivity index (χ1n) is 12.3. The third kappa shape index (κ3) is 6.00. The molecular weight excluding hydrogens is 446 g/mol. The molecule has 2 aromatic carbocycles. The Kier molecular flexibility index (Phi) is 8.02. The molecule has 4 rings (SSSR count). The van der Waals surface area contributed by atoms with Crippen LogP contribution in [0.15, 0.2) is 48.5 Å². The molecule has 0 radical (unpaired) electrons. The van der Waals surface area contributed by atoms with Gasteiger partial charge in [0.2, 0.25) is 5.91 Å². The van der Waals surface area contributed by atoms with Crippen LogP contribution in [0, 0.1) is 0 Å². The lowest BCUT2D eigenvalue weighted by Crippen LogP contribution is -2.51. The van der Waals surface area contributed by atoms with E-state index >= 15 is 0 Å². The van der Waals surface area contributed by atoms with Crippen LogP contribution in [0.25, 0.3) is 11.1 Å². The zero-order valence-corrected chi connectivity index (χ0v) is 20.0. The average Bonchev–Trinajstić information content (AvgIpc) is 3.19. The number of aliphatic carboxylic acids is 1. The molecule has 2 aromatic rings. The van der Waals surface area contributed by atoms with Crippen LogP contribution in [0.1, 0.15) is 49.7 Å². The van der Waals surface area contributed by atoms with E-state index in [-0.39, 0.29) is 18.6 Å². The second-order valence-corrected chi connectivity index (χ2v) is 9.31. The van der Waals surface area contributed by atoms with E-state index in [9.17, 15) is 19.5 Å². The maximum atomic E-state index is 12.7. The zero-order chi connectivity index (χ0) is 24.8. The van der Waals surface area contributed by atoms with E-state index in [1.807, 2.05) is 55.5 Å². The van der Waals surface area contributed by atoms with Gasteiger partial charge >= 0.3 is 12.1 Å². The van der Waals surface area contributed by atoms with Crippen LogP contribution in [0.4, 0.5) is 4.79 Å². The fourth-order valence-electron chi connectivity index (χ4n) is 5.03. The topological polar surface area (TPSA) is 108 Å². The summed E-state index contributed by atoms with van der Waals surface area (Å²) in [7, 11) is 0. The number of carbonyl (C=O) groups is 3. The van der Waals surface area contributed by atoms with Gasteiger partial charge in [0.25, 0.3) is 0 Å². The molecule has 1 fully saturated rings. The van der Waals surface area contributed by atoms with Crippen molar-refractivity contribution in [3.05, 3.63) is 59.7 Å². The molecule has 1 saturated heterocycles. The van der Waals surface area contributed by atoms with Crippen molar-refractivity contribution in [2.75, 3.05) is 26.2 Å². The third-order valence-corrected chi connectivity index (χ3v) is 6.92. The van der Waals surface area contributed by atoms with E-state index in [0.717, 1.165) is 48.2 Å². The molecule has 2 atom stereocenters. The minimum absolute atomic E-state index is 0.0905. The molecule has 3 N–H and O–H groups in total. The summed E-state index contributed by atoms with van der Waals surface area (Å²) in [6.07, 6.45) is 2.18. The predicted molar refractivity (Wildman–Crippen MR) is 132 cm³/mol. The normalized spacial score (nSPS) is 17.1. The number of carboxylic acid groups (broad SMARTS) is 1. The number of rotatable bonds is 9. The van der Waals surface area contributed by atoms with Crippen molar-refractivity contribution in [2.24, 2.45) is 0 Å². The summed E-state index contributed by atoms with van der Waals surface area (Å²) in [6, 6.07) is 14.9. The Hall–Kier alpha value is -3.39. The van der Waals surface area contributed by atoms with Gasteiger partial charge in [-0.15, -0.1) is 0 Å².